The lowest BCUT2D eigenvalue weighted by molar-refractivity contribution is -0.132. The highest BCUT2D eigenvalue weighted by Crippen LogP contribution is 2.36. The predicted octanol–water partition coefficient (Wildman–Crippen LogP) is 5.83. The second kappa shape index (κ2) is 7.85. The van der Waals surface area contributed by atoms with Crippen molar-refractivity contribution < 1.29 is 4.79 Å². The molecule has 1 N–H and O–H groups in total. The molecule has 2 atom stereocenters. The maximum atomic E-state index is 12.8. The number of hydrogen-bond acceptors (Lipinski definition) is 1. The summed E-state index contributed by atoms with van der Waals surface area (Å²) in [5.41, 5.74) is -0.287. The molecule has 2 nitrogen and oxygen atoms in total. The summed E-state index contributed by atoms with van der Waals surface area (Å²) in [6.07, 6.45) is 1.91. The van der Waals surface area contributed by atoms with E-state index in [9.17, 15) is 4.79 Å². The molecule has 3 heteroatoms. The molecule has 0 aromatic rings. The molecule has 0 saturated heterocycles. The van der Waals surface area contributed by atoms with Crippen LogP contribution in [0.2, 0.25) is 0 Å². The molecule has 0 aliphatic rings. The number of hydrogen-bond donors (Lipinski definition) is 1. The van der Waals surface area contributed by atoms with Gasteiger partial charge in [-0.25, -0.2) is 0 Å². The van der Waals surface area contributed by atoms with Crippen LogP contribution in [0.1, 0.15) is 82.1 Å². The number of nitrogens with one attached hydrogen (secondary N) is 1. The van der Waals surface area contributed by atoms with Crippen molar-refractivity contribution >= 4 is 28.5 Å². The van der Waals surface area contributed by atoms with E-state index < -0.39 is 0 Å². The summed E-state index contributed by atoms with van der Waals surface area (Å²) in [4.78, 5) is 12.8. The fourth-order valence-electron chi connectivity index (χ4n) is 2.92. The van der Waals surface area contributed by atoms with Crippen molar-refractivity contribution in [3.8, 4) is 0 Å². The zero-order valence-corrected chi connectivity index (χ0v) is 18.6. The average Bonchev–Trinajstić information content (AvgIpc) is 2.25. The third kappa shape index (κ3) is 7.18. The van der Waals surface area contributed by atoms with E-state index in [4.69, 9.17) is 0 Å². The number of carbonyl (C=O) groups excluding carboxylic acids is 1. The summed E-state index contributed by atoms with van der Waals surface area (Å²) in [7, 11) is 0. The van der Waals surface area contributed by atoms with Crippen molar-refractivity contribution in [3.05, 3.63) is 0 Å². The topological polar surface area (TPSA) is 29.1 Å². The largest absolute Gasteiger partial charge is 0.351 e. The van der Waals surface area contributed by atoms with Gasteiger partial charge in [0.2, 0.25) is 5.91 Å². The van der Waals surface area contributed by atoms with E-state index in [2.05, 4.69) is 97.1 Å². The first-order valence-electron chi connectivity index (χ1n) is 8.57. The van der Waals surface area contributed by atoms with Gasteiger partial charge in [0, 0.05) is 14.9 Å². The number of halogens is 1. The van der Waals surface area contributed by atoms with Crippen LogP contribution in [0.25, 0.3) is 0 Å². The lowest BCUT2D eigenvalue weighted by atomic mass is 9.72. The van der Waals surface area contributed by atoms with Gasteiger partial charge >= 0.3 is 0 Å². The van der Waals surface area contributed by atoms with Crippen LogP contribution >= 0.6 is 22.6 Å². The molecule has 0 saturated carbocycles. The van der Waals surface area contributed by atoms with Crippen molar-refractivity contribution in [2.45, 2.75) is 91.5 Å². The fraction of sp³-hybridized carbons (Fsp3) is 0.947. The Morgan fingerprint density at radius 2 is 1.45 bits per heavy atom. The molecule has 0 aromatic carbocycles. The van der Waals surface area contributed by atoms with E-state index in [1.807, 2.05) is 0 Å². The summed E-state index contributed by atoms with van der Waals surface area (Å²) in [5, 5.41) is 3.31. The second-order valence-electron chi connectivity index (χ2n) is 9.40. The first-order chi connectivity index (χ1) is 9.61. The smallest absolute Gasteiger partial charge is 0.226 e. The van der Waals surface area contributed by atoms with Gasteiger partial charge in [0.25, 0.3) is 0 Å². The van der Waals surface area contributed by atoms with Gasteiger partial charge in [-0.1, -0.05) is 78.0 Å². The van der Waals surface area contributed by atoms with E-state index in [0.717, 1.165) is 12.8 Å². The van der Waals surface area contributed by atoms with Crippen LogP contribution in [0.4, 0.5) is 0 Å². The maximum Gasteiger partial charge on any atom is 0.226 e. The van der Waals surface area contributed by atoms with Crippen LogP contribution in [0.15, 0.2) is 0 Å². The molecule has 0 radical (unpaired) electrons. The molecule has 2 unspecified atom stereocenters. The van der Waals surface area contributed by atoms with Gasteiger partial charge < -0.3 is 5.32 Å². The number of rotatable bonds is 8. The Bertz CT molecular complexity index is 370. The van der Waals surface area contributed by atoms with E-state index in [-0.39, 0.29) is 22.3 Å². The predicted molar refractivity (Wildman–Crippen MR) is 107 cm³/mol. The first kappa shape index (κ1) is 22.2. The van der Waals surface area contributed by atoms with Crippen LogP contribution in [-0.4, -0.2) is 15.4 Å². The van der Waals surface area contributed by atoms with Crippen molar-refractivity contribution in [2.75, 3.05) is 0 Å². The molecular formula is C19H38INO. The van der Waals surface area contributed by atoms with Gasteiger partial charge in [-0.05, 0) is 43.9 Å². The molecule has 1 amide bonds. The van der Waals surface area contributed by atoms with Crippen molar-refractivity contribution in [1.29, 1.82) is 0 Å². The highest BCUT2D eigenvalue weighted by molar-refractivity contribution is 14.1. The Hall–Kier alpha value is 0.200. The fourth-order valence-corrected chi connectivity index (χ4v) is 3.18. The minimum Gasteiger partial charge on any atom is -0.351 e. The number of amides is 1. The zero-order valence-electron chi connectivity index (χ0n) is 16.4. The van der Waals surface area contributed by atoms with E-state index in [1.54, 1.807) is 0 Å². The number of alkyl halides is 1. The molecule has 0 aromatic heterocycles. The molecule has 132 valence electrons. The van der Waals surface area contributed by atoms with Crippen molar-refractivity contribution in [1.82, 2.24) is 5.32 Å². The molecule has 22 heavy (non-hydrogen) atoms. The SMILES string of the molecule is CC(I)C(C)CC(C)(C)C(=O)NC(C)(C)CC(C)(C)C(C)C. The molecular weight excluding hydrogens is 385 g/mol. The lowest BCUT2D eigenvalue weighted by Gasteiger charge is -2.40. The Morgan fingerprint density at radius 3 is 1.82 bits per heavy atom. The van der Waals surface area contributed by atoms with E-state index in [1.165, 1.54) is 0 Å². The van der Waals surface area contributed by atoms with Gasteiger partial charge in [0.05, 0.1) is 0 Å². The summed E-state index contributed by atoms with van der Waals surface area (Å²) >= 11 is 2.45. The quantitative estimate of drug-likeness (QED) is 0.386. The van der Waals surface area contributed by atoms with Gasteiger partial charge in [-0.15, -0.1) is 0 Å². The van der Waals surface area contributed by atoms with Crippen molar-refractivity contribution in [3.63, 3.8) is 0 Å². The van der Waals surface area contributed by atoms with Crippen LogP contribution < -0.4 is 5.32 Å². The highest BCUT2D eigenvalue weighted by Gasteiger charge is 2.37. The van der Waals surface area contributed by atoms with Crippen LogP contribution in [0.5, 0.6) is 0 Å². The highest BCUT2D eigenvalue weighted by atomic mass is 127. The minimum atomic E-state index is -0.321. The van der Waals surface area contributed by atoms with Gasteiger partial charge in [0.15, 0.2) is 0 Å². The Morgan fingerprint density at radius 1 is 1.00 bits per heavy atom. The van der Waals surface area contributed by atoms with Gasteiger partial charge in [-0.2, -0.15) is 0 Å². The Balaban J connectivity index is 4.87. The molecule has 0 aliphatic heterocycles. The van der Waals surface area contributed by atoms with Gasteiger partial charge in [0.1, 0.15) is 0 Å². The first-order valence-corrected chi connectivity index (χ1v) is 9.82. The van der Waals surface area contributed by atoms with Crippen molar-refractivity contribution in [2.24, 2.45) is 22.7 Å². The summed E-state index contributed by atoms with van der Waals surface area (Å²) in [6, 6.07) is 0. The van der Waals surface area contributed by atoms with Crippen LogP contribution in [-0.2, 0) is 4.79 Å². The lowest BCUT2D eigenvalue weighted by Crippen LogP contribution is -2.51. The van der Waals surface area contributed by atoms with E-state index in [0.29, 0.717) is 15.8 Å². The molecule has 0 bridgehead atoms. The monoisotopic (exact) mass is 423 g/mol. The average molecular weight is 423 g/mol. The van der Waals surface area contributed by atoms with E-state index >= 15 is 0 Å². The van der Waals surface area contributed by atoms with Crippen LogP contribution in [0.3, 0.4) is 0 Å². The summed E-state index contributed by atoms with van der Waals surface area (Å²) in [5.74, 6) is 1.31. The number of carbonyl (C=O) groups is 1. The molecule has 0 spiro atoms. The minimum absolute atomic E-state index is 0.179. The molecule has 0 rings (SSSR count). The zero-order chi connectivity index (χ0) is 17.9. The third-order valence-electron chi connectivity index (χ3n) is 5.14. The molecule has 0 fully saturated rings. The Labute approximate surface area is 152 Å². The third-order valence-corrected chi connectivity index (χ3v) is 6.37. The van der Waals surface area contributed by atoms with Crippen LogP contribution in [0, 0.1) is 22.7 Å². The maximum absolute atomic E-state index is 12.8. The normalized spacial score (nSPS) is 16.5. The van der Waals surface area contributed by atoms with Gasteiger partial charge in [-0.3, -0.25) is 4.79 Å². The molecule has 0 heterocycles. The standard InChI is InChI=1S/C19H38INO/c1-13(2)18(7,8)12-19(9,10)21-16(22)17(5,6)11-14(3)15(4)20/h13-15H,11-12H2,1-10H3,(H,21,22). The molecule has 0 aliphatic carbocycles. The second-order valence-corrected chi connectivity index (χ2v) is 11.4. The Kier molecular flexibility index (Phi) is 7.92. The summed E-state index contributed by atoms with van der Waals surface area (Å²) < 4.78 is 0.581. The summed E-state index contributed by atoms with van der Waals surface area (Å²) in [6.45, 7) is 22.0.